The van der Waals surface area contributed by atoms with E-state index < -0.39 is 0 Å². The Bertz CT molecular complexity index is 706. The molecule has 1 aromatic heterocycles. The van der Waals surface area contributed by atoms with Gasteiger partial charge in [-0.3, -0.25) is 4.99 Å². The lowest BCUT2D eigenvalue weighted by molar-refractivity contribution is 0.458. The summed E-state index contributed by atoms with van der Waals surface area (Å²) in [5.41, 5.74) is 1.16. The van der Waals surface area contributed by atoms with E-state index in [2.05, 4.69) is 81.5 Å². The van der Waals surface area contributed by atoms with Crippen molar-refractivity contribution in [3.8, 4) is 0 Å². The van der Waals surface area contributed by atoms with Crippen LogP contribution in [0.5, 0.6) is 0 Å². The highest BCUT2D eigenvalue weighted by molar-refractivity contribution is 7.14. The van der Waals surface area contributed by atoms with Crippen molar-refractivity contribution in [2.45, 2.75) is 38.8 Å². The lowest BCUT2D eigenvalue weighted by Gasteiger charge is -2.34. The molecule has 5 nitrogen and oxygen atoms in total. The average molecular weight is 400 g/mol. The Morgan fingerprint density at radius 1 is 1.14 bits per heavy atom. The van der Waals surface area contributed by atoms with E-state index in [4.69, 9.17) is 0 Å². The molecule has 2 aromatic rings. The third-order valence-corrected chi connectivity index (χ3v) is 6.23. The van der Waals surface area contributed by atoms with Gasteiger partial charge >= 0.3 is 0 Å². The van der Waals surface area contributed by atoms with Crippen LogP contribution in [0.3, 0.4) is 0 Å². The van der Waals surface area contributed by atoms with Gasteiger partial charge in [-0.25, -0.2) is 0 Å². The van der Waals surface area contributed by atoms with E-state index in [0.29, 0.717) is 18.0 Å². The molecule has 3 rings (SSSR count). The minimum Gasteiger partial charge on any atom is -0.380 e. The van der Waals surface area contributed by atoms with Crippen LogP contribution in [0, 0.1) is 5.92 Å². The zero-order valence-corrected chi connectivity index (χ0v) is 18.0. The molecule has 1 unspecified atom stereocenters. The number of nitrogens with zero attached hydrogens (tertiary/aromatic N) is 2. The summed E-state index contributed by atoms with van der Waals surface area (Å²) in [7, 11) is 1.85. The molecule has 1 saturated heterocycles. The van der Waals surface area contributed by atoms with Gasteiger partial charge in [-0.2, -0.15) is 0 Å². The predicted octanol–water partition coefficient (Wildman–Crippen LogP) is 4.02. The van der Waals surface area contributed by atoms with Crippen molar-refractivity contribution in [2.75, 3.05) is 36.9 Å². The molecule has 0 aliphatic carbocycles. The van der Waals surface area contributed by atoms with Crippen LogP contribution in [0.15, 0.2) is 52.8 Å². The third-order valence-electron chi connectivity index (χ3n) is 5.30. The number of anilines is 2. The van der Waals surface area contributed by atoms with Crippen LogP contribution >= 0.6 is 11.3 Å². The van der Waals surface area contributed by atoms with Gasteiger partial charge in [0, 0.05) is 44.5 Å². The summed E-state index contributed by atoms with van der Waals surface area (Å²) in [4.78, 5) is 6.93. The van der Waals surface area contributed by atoms with Crippen molar-refractivity contribution in [2.24, 2.45) is 10.9 Å². The Hall–Kier alpha value is -2.21. The van der Waals surface area contributed by atoms with Crippen molar-refractivity contribution < 1.29 is 0 Å². The number of thiophene rings is 1. The minimum atomic E-state index is 0.335. The summed E-state index contributed by atoms with van der Waals surface area (Å²) in [5, 5.41) is 14.3. The summed E-state index contributed by atoms with van der Waals surface area (Å²) in [6.07, 6.45) is 2.27. The van der Waals surface area contributed by atoms with E-state index in [1.807, 2.05) is 24.5 Å². The average Bonchev–Trinajstić information content (AvgIpc) is 3.26. The van der Waals surface area contributed by atoms with E-state index in [9.17, 15) is 0 Å². The molecule has 1 aliphatic rings. The first-order valence-electron chi connectivity index (χ1n) is 10.2. The SMILES string of the molecule is CN=C(NCC(Nc1ccccc1)C(C)C)NC1CCN(c2cccs2)CC1. The van der Waals surface area contributed by atoms with Crippen LogP contribution in [-0.2, 0) is 0 Å². The van der Waals surface area contributed by atoms with Crippen molar-refractivity contribution in [1.29, 1.82) is 0 Å². The Balaban J connectivity index is 1.46. The molecular formula is C22H33N5S. The monoisotopic (exact) mass is 399 g/mol. The first-order valence-corrected chi connectivity index (χ1v) is 11.1. The largest absolute Gasteiger partial charge is 0.380 e. The van der Waals surface area contributed by atoms with Crippen LogP contribution in [-0.4, -0.2) is 44.7 Å². The Kier molecular flexibility index (Phi) is 7.60. The van der Waals surface area contributed by atoms with Crippen molar-refractivity contribution in [1.82, 2.24) is 10.6 Å². The van der Waals surface area contributed by atoms with Crippen molar-refractivity contribution in [3.05, 3.63) is 47.8 Å². The molecule has 1 atom stereocenters. The number of nitrogens with one attached hydrogen (secondary N) is 3. The predicted molar refractivity (Wildman–Crippen MR) is 123 cm³/mol. The van der Waals surface area contributed by atoms with Crippen LogP contribution in [0.25, 0.3) is 0 Å². The van der Waals surface area contributed by atoms with Gasteiger partial charge in [0.1, 0.15) is 0 Å². The van der Waals surface area contributed by atoms with E-state index >= 15 is 0 Å². The van der Waals surface area contributed by atoms with Crippen LogP contribution < -0.4 is 20.9 Å². The second-order valence-electron chi connectivity index (χ2n) is 7.67. The van der Waals surface area contributed by atoms with Gasteiger partial charge in [-0.05, 0) is 48.4 Å². The van der Waals surface area contributed by atoms with Gasteiger partial charge in [0.05, 0.1) is 5.00 Å². The fourth-order valence-corrected chi connectivity index (χ4v) is 4.28. The number of benzene rings is 1. The van der Waals surface area contributed by atoms with Gasteiger partial charge in [0.2, 0.25) is 0 Å². The zero-order chi connectivity index (χ0) is 19.8. The maximum atomic E-state index is 4.44. The second-order valence-corrected chi connectivity index (χ2v) is 8.60. The number of hydrogen-bond acceptors (Lipinski definition) is 4. The van der Waals surface area contributed by atoms with E-state index in [-0.39, 0.29) is 0 Å². The fraction of sp³-hybridized carbons (Fsp3) is 0.500. The lowest BCUT2D eigenvalue weighted by Crippen LogP contribution is -2.51. The fourth-order valence-electron chi connectivity index (χ4n) is 3.49. The smallest absolute Gasteiger partial charge is 0.191 e. The standard InChI is InChI=1S/C22H33N5S/c1-17(2)20(25-18-8-5-4-6-9-18)16-24-22(23-3)26-19-11-13-27(14-12-19)21-10-7-15-28-21/h4-10,15,17,19-20,25H,11-14,16H2,1-3H3,(H2,23,24,26). The molecule has 152 valence electrons. The van der Waals surface area contributed by atoms with Crippen LogP contribution in [0.2, 0.25) is 0 Å². The minimum absolute atomic E-state index is 0.335. The third kappa shape index (κ3) is 5.89. The molecule has 1 fully saturated rings. The summed E-state index contributed by atoms with van der Waals surface area (Å²) in [5.74, 6) is 1.41. The zero-order valence-electron chi connectivity index (χ0n) is 17.2. The summed E-state index contributed by atoms with van der Waals surface area (Å²) >= 11 is 1.83. The number of para-hydroxylation sites is 1. The van der Waals surface area contributed by atoms with E-state index in [1.165, 1.54) is 5.00 Å². The Morgan fingerprint density at radius 2 is 1.89 bits per heavy atom. The number of guanidine groups is 1. The number of rotatable bonds is 7. The first kappa shape index (κ1) is 20.5. The lowest BCUT2D eigenvalue weighted by atomic mass is 10.0. The number of hydrogen-bond donors (Lipinski definition) is 3. The Labute approximate surface area is 173 Å². The molecule has 6 heteroatoms. The molecule has 0 amide bonds. The van der Waals surface area contributed by atoms with Gasteiger partial charge in [0.15, 0.2) is 5.96 Å². The molecule has 28 heavy (non-hydrogen) atoms. The molecule has 3 N–H and O–H groups in total. The van der Waals surface area contributed by atoms with Gasteiger partial charge in [-0.1, -0.05) is 32.0 Å². The quantitative estimate of drug-likeness (QED) is 0.486. The van der Waals surface area contributed by atoms with Gasteiger partial charge < -0.3 is 20.9 Å². The highest BCUT2D eigenvalue weighted by atomic mass is 32.1. The van der Waals surface area contributed by atoms with Gasteiger partial charge in [-0.15, -0.1) is 11.3 Å². The van der Waals surface area contributed by atoms with E-state index in [0.717, 1.165) is 44.1 Å². The van der Waals surface area contributed by atoms with Crippen molar-refractivity contribution in [3.63, 3.8) is 0 Å². The van der Waals surface area contributed by atoms with Gasteiger partial charge in [0.25, 0.3) is 0 Å². The van der Waals surface area contributed by atoms with E-state index in [1.54, 1.807) is 0 Å². The highest BCUT2D eigenvalue weighted by Gasteiger charge is 2.21. The van der Waals surface area contributed by atoms with Crippen LogP contribution in [0.4, 0.5) is 10.7 Å². The molecule has 2 heterocycles. The maximum Gasteiger partial charge on any atom is 0.191 e. The topological polar surface area (TPSA) is 51.7 Å². The Morgan fingerprint density at radius 3 is 2.50 bits per heavy atom. The number of piperidine rings is 1. The molecular weight excluding hydrogens is 366 g/mol. The molecule has 0 spiro atoms. The molecule has 1 aliphatic heterocycles. The van der Waals surface area contributed by atoms with Crippen molar-refractivity contribution >= 4 is 28.0 Å². The van der Waals surface area contributed by atoms with Crippen LogP contribution in [0.1, 0.15) is 26.7 Å². The molecule has 0 bridgehead atoms. The second kappa shape index (κ2) is 10.4. The highest BCUT2D eigenvalue weighted by Crippen LogP contribution is 2.24. The molecule has 0 radical (unpaired) electrons. The summed E-state index contributed by atoms with van der Waals surface area (Å²) < 4.78 is 0. The molecule has 0 saturated carbocycles. The summed E-state index contributed by atoms with van der Waals surface area (Å²) in [6.45, 7) is 7.52. The summed E-state index contributed by atoms with van der Waals surface area (Å²) in [6, 6.07) is 15.6. The molecule has 1 aromatic carbocycles. The normalized spacial score (nSPS) is 16.9. The first-order chi connectivity index (χ1) is 13.7. The maximum absolute atomic E-state index is 4.44. The number of aliphatic imine (C=N–C) groups is 1.